The third kappa shape index (κ3) is 4.88. The molecule has 0 aliphatic heterocycles. The van der Waals surface area contributed by atoms with Crippen molar-refractivity contribution in [2.24, 2.45) is 5.73 Å². The number of nitrogens with two attached hydrogens (primary N) is 1. The molecule has 124 valence electrons. The first-order chi connectivity index (χ1) is 10.9. The molecule has 2 rings (SSSR count). The van der Waals surface area contributed by atoms with Crippen LogP contribution in [0.3, 0.4) is 0 Å². The van der Waals surface area contributed by atoms with Gasteiger partial charge in [-0.15, -0.1) is 11.3 Å². The summed E-state index contributed by atoms with van der Waals surface area (Å²) in [5, 5.41) is 2.84. The van der Waals surface area contributed by atoms with Gasteiger partial charge in [-0.1, -0.05) is 51.1 Å². The predicted octanol–water partition coefficient (Wildman–Crippen LogP) is 3.08. The molecule has 1 heterocycles. The van der Waals surface area contributed by atoms with Crippen molar-refractivity contribution in [1.29, 1.82) is 0 Å². The summed E-state index contributed by atoms with van der Waals surface area (Å²) >= 11 is 1.54. The molecule has 23 heavy (non-hydrogen) atoms. The number of hydrogen-bond donors (Lipinski definition) is 1. The molecule has 2 N–H and O–H groups in total. The van der Waals surface area contributed by atoms with Crippen molar-refractivity contribution in [1.82, 2.24) is 9.88 Å². The van der Waals surface area contributed by atoms with E-state index in [9.17, 15) is 4.79 Å². The number of carbonyl (C=O) groups excluding carboxylic acids is 1. The Hall–Kier alpha value is -1.72. The zero-order chi connectivity index (χ0) is 16.9. The van der Waals surface area contributed by atoms with Crippen molar-refractivity contribution >= 4 is 17.2 Å². The maximum absolute atomic E-state index is 12.7. The van der Waals surface area contributed by atoms with Gasteiger partial charge in [0.15, 0.2) is 0 Å². The van der Waals surface area contributed by atoms with E-state index < -0.39 is 0 Å². The predicted molar refractivity (Wildman–Crippen MR) is 95.9 cm³/mol. The van der Waals surface area contributed by atoms with Crippen LogP contribution in [0.1, 0.15) is 41.8 Å². The summed E-state index contributed by atoms with van der Waals surface area (Å²) in [5.74, 6) is -0.0295. The molecule has 0 saturated heterocycles. The number of carbonyl (C=O) groups is 1. The van der Waals surface area contributed by atoms with Crippen LogP contribution in [0.2, 0.25) is 0 Å². The molecule has 1 aromatic heterocycles. The SMILES string of the molecule is CC(C)(C)c1nc(C(=O)N(CCN)CCc2ccccc2)cs1. The number of thiazole rings is 1. The Kier molecular flexibility index (Phi) is 5.91. The fraction of sp³-hybridized carbons (Fsp3) is 0.444. The standard InChI is InChI=1S/C18H25N3OS/c1-18(2,3)17-20-15(13-23-17)16(22)21(12-10-19)11-9-14-7-5-4-6-8-14/h4-8,13H,9-12,19H2,1-3H3. The Morgan fingerprint density at radius 3 is 2.48 bits per heavy atom. The van der Waals surface area contributed by atoms with Crippen molar-refractivity contribution in [3.05, 3.63) is 52.0 Å². The maximum Gasteiger partial charge on any atom is 0.273 e. The van der Waals surface area contributed by atoms with Crippen molar-refractivity contribution < 1.29 is 4.79 Å². The molecule has 5 heteroatoms. The molecule has 0 spiro atoms. The fourth-order valence-corrected chi connectivity index (χ4v) is 3.14. The molecule has 4 nitrogen and oxygen atoms in total. The molecule has 1 amide bonds. The smallest absolute Gasteiger partial charge is 0.273 e. The van der Waals surface area contributed by atoms with Crippen molar-refractivity contribution in [3.8, 4) is 0 Å². The highest BCUT2D eigenvalue weighted by Gasteiger charge is 2.23. The average Bonchev–Trinajstić information content (AvgIpc) is 3.02. The topological polar surface area (TPSA) is 59.2 Å². The summed E-state index contributed by atoms with van der Waals surface area (Å²) in [5.41, 5.74) is 7.39. The van der Waals surface area contributed by atoms with E-state index in [-0.39, 0.29) is 11.3 Å². The summed E-state index contributed by atoms with van der Waals surface area (Å²) in [4.78, 5) is 19.0. The largest absolute Gasteiger partial charge is 0.336 e. The Morgan fingerprint density at radius 1 is 1.22 bits per heavy atom. The Balaban J connectivity index is 2.07. The van der Waals surface area contributed by atoms with Crippen LogP contribution in [0.5, 0.6) is 0 Å². The summed E-state index contributed by atoms with van der Waals surface area (Å²) in [7, 11) is 0. The normalized spacial score (nSPS) is 11.5. The van der Waals surface area contributed by atoms with Gasteiger partial charge in [-0.05, 0) is 12.0 Å². The lowest BCUT2D eigenvalue weighted by atomic mass is 9.98. The quantitative estimate of drug-likeness (QED) is 0.885. The fourth-order valence-electron chi connectivity index (χ4n) is 2.26. The van der Waals surface area contributed by atoms with E-state index in [1.54, 1.807) is 16.2 Å². The van der Waals surface area contributed by atoms with Crippen LogP contribution in [0.15, 0.2) is 35.7 Å². The minimum absolute atomic E-state index is 0.0295. The first-order valence-electron chi connectivity index (χ1n) is 7.91. The second-order valence-corrected chi connectivity index (χ2v) is 7.46. The number of nitrogens with zero attached hydrogens (tertiary/aromatic N) is 2. The number of aromatic nitrogens is 1. The average molecular weight is 331 g/mol. The Bertz CT molecular complexity index is 631. The number of hydrogen-bond acceptors (Lipinski definition) is 4. The molecule has 0 aliphatic carbocycles. The summed E-state index contributed by atoms with van der Waals surface area (Å²) < 4.78 is 0. The highest BCUT2D eigenvalue weighted by Crippen LogP contribution is 2.26. The Labute approximate surface area is 142 Å². The van der Waals surface area contributed by atoms with E-state index >= 15 is 0 Å². The van der Waals surface area contributed by atoms with Crippen LogP contribution in [-0.2, 0) is 11.8 Å². The third-order valence-electron chi connectivity index (χ3n) is 3.56. The number of amides is 1. The van der Waals surface area contributed by atoms with E-state index in [2.05, 4.69) is 37.9 Å². The lowest BCUT2D eigenvalue weighted by molar-refractivity contribution is 0.0756. The maximum atomic E-state index is 12.7. The van der Waals surface area contributed by atoms with Gasteiger partial charge in [0.1, 0.15) is 5.69 Å². The molecule has 0 saturated carbocycles. The van der Waals surface area contributed by atoms with Crippen LogP contribution in [0.4, 0.5) is 0 Å². The molecule has 0 radical (unpaired) electrons. The monoisotopic (exact) mass is 331 g/mol. The molecule has 0 unspecified atom stereocenters. The van der Waals surface area contributed by atoms with E-state index in [0.29, 0.717) is 25.3 Å². The Morgan fingerprint density at radius 2 is 1.91 bits per heavy atom. The van der Waals surface area contributed by atoms with Gasteiger partial charge in [0.05, 0.1) is 5.01 Å². The third-order valence-corrected chi connectivity index (χ3v) is 4.83. The second kappa shape index (κ2) is 7.70. The number of rotatable bonds is 6. The minimum atomic E-state index is -0.0358. The lowest BCUT2D eigenvalue weighted by Crippen LogP contribution is -2.37. The van der Waals surface area contributed by atoms with Gasteiger partial charge in [0.25, 0.3) is 5.91 Å². The molecule has 0 aliphatic rings. The molecular weight excluding hydrogens is 306 g/mol. The van der Waals surface area contributed by atoms with E-state index in [0.717, 1.165) is 11.4 Å². The van der Waals surface area contributed by atoms with Gasteiger partial charge >= 0.3 is 0 Å². The molecule has 2 aromatic rings. The first kappa shape index (κ1) is 17.6. The van der Waals surface area contributed by atoms with E-state index in [1.807, 2.05) is 23.6 Å². The minimum Gasteiger partial charge on any atom is -0.336 e. The van der Waals surface area contributed by atoms with Crippen LogP contribution >= 0.6 is 11.3 Å². The highest BCUT2D eigenvalue weighted by atomic mass is 32.1. The molecule has 1 aromatic carbocycles. The summed E-state index contributed by atoms with van der Waals surface area (Å²) in [6.45, 7) is 7.97. The van der Waals surface area contributed by atoms with Gasteiger partial charge in [-0.3, -0.25) is 4.79 Å². The van der Waals surface area contributed by atoms with Crippen molar-refractivity contribution in [2.45, 2.75) is 32.6 Å². The van der Waals surface area contributed by atoms with Crippen LogP contribution in [0.25, 0.3) is 0 Å². The zero-order valence-corrected chi connectivity index (χ0v) is 14.9. The second-order valence-electron chi connectivity index (χ2n) is 6.60. The van der Waals surface area contributed by atoms with Gasteiger partial charge in [-0.25, -0.2) is 4.98 Å². The first-order valence-corrected chi connectivity index (χ1v) is 8.79. The highest BCUT2D eigenvalue weighted by molar-refractivity contribution is 7.10. The zero-order valence-electron chi connectivity index (χ0n) is 14.1. The number of benzene rings is 1. The van der Waals surface area contributed by atoms with Crippen LogP contribution in [0, 0.1) is 0 Å². The lowest BCUT2D eigenvalue weighted by Gasteiger charge is -2.21. The van der Waals surface area contributed by atoms with Gasteiger partial charge in [0, 0.05) is 30.4 Å². The van der Waals surface area contributed by atoms with E-state index in [1.165, 1.54) is 5.56 Å². The van der Waals surface area contributed by atoms with Crippen LogP contribution < -0.4 is 5.73 Å². The van der Waals surface area contributed by atoms with Gasteiger partial charge < -0.3 is 10.6 Å². The molecule has 0 fully saturated rings. The van der Waals surface area contributed by atoms with E-state index in [4.69, 9.17) is 5.73 Å². The summed E-state index contributed by atoms with van der Waals surface area (Å²) in [6, 6.07) is 10.2. The van der Waals surface area contributed by atoms with Crippen molar-refractivity contribution in [2.75, 3.05) is 19.6 Å². The molecular formula is C18H25N3OS. The van der Waals surface area contributed by atoms with Crippen LogP contribution in [-0.4, -0.2) is 35.4 Å². The molecule has 0 atom stereocenters. The van der Waals surface area contributed by atoms with Gasteiger partial charge in [0.2, 0.25) is 0 Å². The summed E-state index contributed by atoms with van der Waals surface area (Å²) in [6.07, 6.45) is 0.822. The molecule has 0 bridgehead atoms. The van der Waals surface area contributed by atoms with Gasteiger partial charge in [-0.2, -0.15) is 0 Å². The van der Waals surface area contributed by atoms with Crippen molar-refractivity contribution in [3.63, 3.8) is 0 Å².